The van der Waals surface area contributed by atoms with Gasteiger partial charge in [0.05, 0.1) is 16.7 Å². The maximum absolute atomic E-state index is 14.5. The fourth-order valence-corrected chi connectivity index (χ4v) is 3.48. The summed E-state index contributed by atoms with van der Waals surface area (Å²) in [5.74, 6) is -0.845. The number of aliphatic hydroxyl groups excluding tert-OH is 1. The van der Waals surface area contributed by atoms with Crippen molar-refractivity contribution in [1.82, 2.24) is 20.1 Å². The summed E-state index contributed by atoms with van der Waals surface area (Å²) in [4.78, 5) is 16.5. The van der Waals surface area contributed by atoms with E-state index in [0.717, 1.165) is 22.4 Å². The number of amides is 1. The van der Waals surface area contributed by atoms with E-state index < -0.39 is 12.4 Å². The van der Waals surface area contributed by atoms with Gasteiger partial charge in [0.15, 0.2) is 5.82 Å². The summed E-state index contributed by atoms with van der Waals surface area (Å²) in [6.07, 6.45) is 3.92. The second-order valence-electron chi connectivity index (χ2n) is 5.76. The van der Waals surface area contributed by atoms with Gasteiger partial charge < -0.3 is 15.0 Å². The zero-order valence-electron chi connectivity index (χ0n) is 12.6. The van der Waals surface area contributed by atoms with Crippen molar-refractivity contribution >= 4 is 28.4 Å². The summed E-state index contributed by atoms with van der Waals surface area (Å²) >= 11 is 6.05. The third-order valence-electron chi connectivity index (χ3n) is 4.44. The molecular formula is C16H14ClFN4O2. The summed E-state index contributed by atoms with van der Waals surface area (Å²) in [5.41, 5.74) is 3.61. The van der Waals surface area contributed by atoms with Gasteiger partial charge in [-0.25, -0.2) is 4.39 Å². The topological polar surface area (TPSA) is 85.0 Å². The summed E-state index contributed by atoms with van der Waals surface area (Å²) in [6.45, 7) is 0.267. The van der Waals surface area contributed by atoms with Crippen LogP contribution in [0.1, 0.15) is 11.3 Å². The molecule has 0 spiro atoms. The number of halogens is 2. The van der Waals surface area contributed by atoms with Crippen LogP contribution in [0.15, 0.2) is 18.5 Å². The van der Waals surface area contributed by atoms with Gasteiger partial charge >= 0.3 is 0 Å². The van der Waals surface area contributed by atoms with Gasteiger partial charge in [0.25, 0.3) is 0 Å². The molecule has 24 heavy (non-hydrogen) atoms. The van der Waals surface area contributed by atoms with Crippen molar-refractivity contribution < 1.29 is 14.3 Å². The number of hydrogen-bond acceptors (Lipinski definition) is 3. The van der Waals surface area contributed by atoms with E-state index in [-0.39, 0.29) is 10.9 Å². The number of hydrogen-bond donors (Lipinski definition) is 3. The number of H-pyrrole nitrogens is 2. The Balaban J connectivity index is 1.96. The third kappa shape index (κ3) is 2.20. The fraction of sp³-hybridized carbons (Fsp3) is 0.250. The van der Waals surface area contributed by atoms with Crippen molar-refractivity contribution in [2.75, 3.05) is 13.2 Å². The van der Waals surface area contributed by atoms with E-state index in [0.29, 0.717) is 30.4 Å². The third-order valence-corrected chi connectivity index (χ3v) is 4.71. The van der Waals surface area contributed by atoms with Crippen LogP contribution in [0.25, 0.3) is 22.0 Å². The molecular weight excluding hydrogens is 335 g/mol. The smallest absolute Gasteiger partial charge is 0.248 e. The van der Waals surface area contributed by atoms with Crippen LogP contribution in [0.3, 0.4) is 0 Å². The lowest BCUT2D eigenvalue weighted by atomic mass is 9.97. The number of rotatable bonds is 2. The number of aliphatic hydroxyl groups is 1. The van der Waals surface area contributed by atoms with Crippen molar-refractivity contribution in [2.24, 2.45) is 0 Å². The molecule has 1 aliphatic rings. The largest absolute Gasteiger partial charge is 0.387 e. The standard InChI is InChI=1S/C16H14ClFN4O2/c17-11-3-9(8-4-19-20-5-8)14-10-6-22(13(24)7-23)2-1-12(10)21-16(14)15(11)18/h3-5,21,23H,1-2,6-7H2,(H,19,20). The van der Waals surface area contributed by atoms with Crippen molar-refractivity contribution in [3.05, 3.63) is 40.6 Å². The summed E-state index contributed by atoms with van der Waals surface area (Å²) in [5, 5.41) is 16.5. The van der Waals surface area contributed by atoms with Crippen LogP contribution in [0.5, 0.6) is 0 Å². The highest BCUT2D eigenvalue weighted by Crippen LogP contribution is 2.39. The van der Waals surface area contributed by atoms with Gasteiger partial charge in [0, 0.05) is 47.9 Å². The van der Waals surface area contributed by atoms with Gasteiger partial charge in [-0.05, 0) is 11.6 Å². The van der Waals surface area contributed by atoms with E-state index in [4.69, 9.17) is 16.7 Å². The van der Waals surface area contributed by atoms with Crippen molar-refractivity contribution in [2.45, 2.75) is 13.0 Å². The Hall–Kier alpha value is -2.38. The predicted molar refractivity (Wildman–Crippen MR) is 87.1 cm³/mol. The molecule has 3 N–H and O–H groups in total. The van der Waals surface area contributed by atoms with Crippen LogP contribution >= 0.6 is 11.6 Å². The highest BCUT2D eigenvalue weighted by molar-refractivity contribution is 6.32. The zero-order chi connectivity index (χ0) is 16.8. The van der Waals surface area contributed by atoms with Gasteiger partial charge in [0.2, 0.25) is 5.91 Å². The summed E-state index contributed by atoms with van der Waals surface area (Å²) in [6, 6.07) is 1.57. The Bertz CT molecular complexity index is 936. The van der Waals surface area contributed by atoms with Crippen molar-refractivity contribution in [3.63, 3.8) is 0 Å². The van der Waals surface area contributed by atoms with Crippen molar-refractivity contribution in [1.29, 1.82) is 0 Å². The van der Waals surface area contributed by atoms with Gasteiger partial charge in [-0.2, -0.15) is 5.10 Å². The quantitative estimate of drug-likeness (QED) is 0.664. The average Bonchev–Trinajstić information content (AvgIpc) is 3.24. The Kier molecular flexibility index (Phi) is 3.54. The molecule has 6 nitrogen and oxygen atoms in total. The first-order chi connectivity index (χ1) is 11.6. The first-order valence-electron chi connectivity index (χ1n) is 7.49. The molecule has 3 aromatic rings. The lowest BCUT2D eigenvalue weighted by Crippen LogP contribution is -2.37. The second-order valence-corrected chi connectivity index (χ2v) is 6.17. The molecule has 0 fully saturated rings. The molecule has 1 amide bonds. The molecule has 1 aliphatic heterocycles. The molecule has 1 aromatic carbocycles. The SMILES string of the molecule is O=C(CO)N1CCc2[nH]c3c(F)c(Cl)cc(-c4cn[nH]c4)c3c2C1. The molecule has 2 aromatic heterocycles. The molecule has 0 saturated heterocycles. The van der Waals surface area contributed by atoms with Crippen LogP contribution in [0.2, 0.25) is 5.02 Å². The van der Waals surface area contributed by atoms with Gasteiger partial charge in [-0.3, -0.25) is 9.89 Å². The number of aromatic nitrogens is 3. The number of nitrogens with zero attached hydrogens (tertiary/aromatic N) is 2. The van der Waals surface area contributed by atoms with Crippen LogP contribution < -0.4 is 0 Å². The van der Waals surface area contributed by atoms with E-state index in [1.165, 1.54) is 0 Å². The molecule has 8 heteroatoms. The summed E-state index contributed by atoms with van der Waals surface area (Å²) in [7, 11) is 0. The lowest BCUT2D eigenvalue weighted by Gasteiger charge is -2.26. The Morgan fingerprint density at radius 3 is 3.04 bits per heavy atom. The number of carbonyl (C=O) groups excluding carboxylic acids is 1. The van der Waals surface area contributed by atoms with E-state index >= 15 is 0 Å². The first kappa shape index (κ1) is 15.2. The molecule has 0 bridgehead atoms. The molecule has 124 valence electrons. The Morgan fingerprint density at radius 2 is 2.33 bits per heavy atom. The average molecular weight is 349 g/mol. The van der Waals surface area contributed by atoms with Crippen LogP contribution in [-0.4, -0.2) is 44.2 Å². The highest BCUT2D eigenvalue weighted by atomic mass is 35.5. The molecule has 4 rings (SSSR count). The van der Waals surface area contributed by atoms with Crippen LogP contribution in [-0.2, 0) is 17.8 Å². The van der Waals surface area contributed by atoms with Gasteiger partial charge in [-0.1, -0.05) is 11.6 Å². The zero-order valence-corrected chi connectivity index (χ0v) is 13.3. The molecule has 0 radical (unpaired) electrons. The second kappa shape index (κ2) is 5.61. The minimum Gasteiger partial charge on any atom is -0.387 e. The monoisotopic (exact) mass is 348 g/mol. The maximum atomic E-state index is 14.5. The van der Waals surface area contributed by atoms with Gasteiger partial charge in [0.1, 0.15) is 6.61 Å². The number of benzene rings is 1. The minimum atomic E-state index is -0.535. The Morgan fingerprint density at radius 1 is 1.50 bits per heavy atom. The lowest BCUT2D eigenvalue weighted by molar-refractivity contribution is -0.135. The van der Waals surface area contributed by atoms with Crippen molar-refractivity contribution in [3.8, 4) is 11.1 Å². The molecule has 3 heterocycles. The first-order valence-corrected chi connectivity index (χ1v) is 7.87. The van der Waals surface area contributed by atoms with E-state index in [9.17, 15) is 9.18 Å². The predicted octanol–water partition coefficient (Wildman–Crippen LogP) is 2.23. The fourth-order valence-electron chi connectivity index (χ4n) is 3.28. The van der Waals surface area contributed by atoms with Crippen LogP contribution in [0, 0.1) is 5.82 Å². The molecule has 0 saturated carbocycles. The molecule has 0 aliphatic carbocycles. The van der Waals surface area contributed by atoms with Gasteiger partial charge in [-0.15, -0.1) is 0 Å². The molecule has 0 unspecified atom stereocenters. The number of aromatic amines is 2. The number of nitrogens with one attached hydrogen (secondary N) is 2. The normalized spacial score (nSPS) is 14.2. The summed E-state index contributed by atoms with van der Waals surface area (Å²) < 4.78 is 14.5. The number of carbonyl (C=O) groups is 1. The number of fused-ring (bicyclic) bond motifs is 3. The molecule has 0 atom stereocenters. The minimum absolute atomic E-state index is 0.0283. The van der Waals surface area contributed by atoms with Crippen LogP contribution in [0.4, 0.5) is 4.39 Å². The highest BCUT2D eigenvalue weighted by Gasteiger charge is 2.27. The van der Waals surface area contributed by atoms with E-state index in [1.54, 1.807) is 23.4 Å². The van der Waals surface area contributed by atoms with E-state index in [1.807, 2.05) is 0 Å². The Labute approximate surface area is 141 Å². The maximum Gasteiger partial charge on any atom is 0.248 e. The van der Waals surface area contributed by atoms with E-state index in [2.05, 4.69) is 15.2 Å².